The lowest BCUT2D eigenvalue weighted by Gasteiger charge is -2.12. The average molecular weight is 302 g/mol. The Morgan fingerprint density at radius 1 is 1.19 bits per heavy atom. The number of nitrogens with two attached hydrogens (primary N) is 1. The van der Waals surface area contributed by atoms with Crippen molar-refractivity contribution < 1.29 is 0 Å². The molecule has 112 valence electrons. The van der Waals surface area contributed by atoms with E-state index in [4.69, 9.17) is 5.84 Å². The van der Waals surface area contributed by atoms with E-state index in [0.29, 0.717) is 0 Å². The molecule has 21 heavy (non-hydrogen) atoms. The molecule has 0 aliphatic rings. The van der Waals surface area contributed by atoms with E-state index >= 15 is 0 Å². The second kappa shape index (κ2) is 7.43. The monoisotopic (exact) mass is 302 g/mol. The zero-order valence-electron chi connectivity index (χ0n) is 12.8. The summed E-state index contributed by atoms with van der Waals surface area (Å²) < 4.78 is 0. The molecule has 1 aromatic carbocycles. The molecule has 0 amide bonds. The summed E-state index contributed by atoms with van der Waals surface area (Å²) in [6.45, 7) is 6.27. The van der Waals surface area contributed by atoms with Crippen LogP contribution in [0, 0.1) is 13.8 Å². The number of aryl methyl sites for hydroxylation is 2. The molecule has 1 heterocycles. The van der Waals surface area contributed by atoms with Crippen molar-refractivity contribution in [2.45, 2.75) is 44.4 Å². The number of hydrogen-bond acceptors (Lipinski definition) is 5. The summed E-state index contributed by atoms with van der Waals surface area (Å²) in [6.07, 6.45) is 1.89. The van der Waals surface area contributed by atoms with E-state index < -0.39 is 0 Å². The molecule has 0 radical (unpaired) electrons. The van der Waals surface area contributed by atoms with Crippen molar-refractivity contribution in [1.82, 2.24) is 9.97 Å². The molecular formula is C16H22N4S. The normalized spacial score (nSPS) is 10.7. The third-order valence-electron chi connectivity index (χ3n) is 3.38. The highest BCUT2D eigenvalue weighted by Crippen LogP contribution is 2.28. The van der Waals surface area contributed by atoms with Crippen LogP contribution in [0.3, 0.4) is 0 Å². The van der Waals surface area contributed by atoms with Crippen LogP contribution in [-0.2, 0) is 12.2 Å². The van der Waals surface area contributed by atoms with Crippen LogP contribution in [0.4, 0.5) is 5.82 Å². The molecule has 0 saturated heterocycles. The van der Waals surface area contributed by atoms with Gasteiger partial charge in [-0.25, -0.2) is 15.8 Å². The van der Waals surface area contributed by atoms with Crippen molar-refractivity contribution in [2.75, 3.05) is 5.43 Å². The maximum atomic E-state index is 5.57. The average Bonchev–Trinajstić information content (AvgIpc) is 2.49. The number of thioether (sulfide) groups is 1. The molecule has 1 aromatic heterocycles. The van der Waals surface area contributed by atoms with E-state index in [1.165, 1.54) is 11.1 Å². The molecule has 0 fully saturated rings. The lowest BCUT2D eigenvalue weighted by molar-refractivity contribution is 0.802. The molecule has 0 bridgehead atoms. The van der Waals surface area contributed by atoms with Gasteiger partial charge >= 0.3 is 0 Å². The number of benzene rings is 1. The van der Waals surface area contributed by atoms with E-state index in [2.05, 4.69) is 53.5 Å². The molecule has 2 rings (SSSR count). The van der Waals surface area contributed by atoms with Crippen LogP contribution in [0.25, 0.3) is 0 Å². The molecule has 0 spiro atoms. The quantitative estimate of drug-likeness (QED) is 0.369. The molecule has 0 atom stereocenters. The SMILES string of the molecule is CCCc1nc(NN)c(C)c(SCc2ccccc2C)n1. The Balaban J connectivity index is 2.22. The Bertz CT molecular complexity index is 613. The lowest BCUT2D eigenvalue weighted by Crippen LogP contribution is -2.13. The summed E-state index contributed by atoms with van der Waals surface area (Å²) in [6, 6.07) is 8.44. The second-order valence-electron chi connectivity index (χ2n) is 5.03. The number of hydrazine groups is 1. The Labute approximate surface area is 130 Å². The number of rotatable bonds is 6. The van der Waals surface area contributed by atoms with E-state index in [0.717, 1.165) is 40.8 Å². The number of aromatic nitrogens is 2. The first kappa shape index (κ1) is 15.8. The number of nitrogens with zero attached hydrogens (tertiary/aromatic N) is 2. The van der Waals surface area contributed by atoms with Crippen LogP contribution in [0.1, 0.15) is 35.9 Å². The van der Waals surface area contributed by atoms with Gasteiger partial charge in [-0.05, 0) is 31.4 Å². The van der Waals surface area contributed by atoms with Crippen LogP contribution in [0.2, 0.25) is 0 Å². The van der Waals surface area contributed by atoms with Crippen LogP contribution < -0.4 is 11.3 Å². The molecule has 0 aliphatic heterocycles. The molecule has 3 N–H and O–H groups in total. The second-order valence-corrected chi connectivity index (χ2v) is 5.99. The van der Waals surface area contributed by atoms with Gasteiger partial charge in [0.05, 0.1) is 0 Å². The fourth-order valence-electron chi connectivity index (χ4n) is 2.07. The number of nitrogen functional groups attached to an aromatic ring is 1. The fraction of sp³-hybridized carbons (Fsp3) is 0.375. The predicted molar refractivity (Wildman–Crippen MR) is 89.3 cm³/mol. The highest BCUT2D eigenvalue weighted by molar-refractivity contribution is 7.98. The molecule has 0 unspecified atom stereocenters. The maximum Gasteiger partial charge on any atom is 0.147 e. The Hall–Kier alpha value is -1.59. The smallest absolute Gasteiger partial charge is 0.147 e. The topological polar surface area (TPSA) is 63.8 Å². The number of hydrogen-bond donors (Lipinski definition) is 2. The van der Waals surface area contributed by atoms with Crippen LogP contribution in [-0.4, -0.2) is 9.97 Å². The van der Waals surface area contributed by atoms with Gasteiger partial charge in [0.2, 0.25) is 0 Å². The van der Waals surface area contributed by atoms with Crippen molar-refractivity contribution in [1.29, 1.82) is 0 Å². The summed E-state index contributed by atoms with van der Waals surface area (Å²) in [5.41, 5.74) is 6.33. The first-order valence-corrected chi connectivity index (χ1v) is 8.15. The first-order valence-electron chi connectivity index (χ1n) is 7.17. The Kier molecular flexibility index (Phi) is 5.59. The highest BCUT2D eigenvalue weighted by Gasteiger charge is 2.11. The summed E-state index contributed by atoms with van der Waals surface area (Å²) in [5, 5.41) is 1.00. The number of nitrogens with one attached hydrogen (secondary N) is 1. The standard InChI is InChI=1S/C16H22N4S/c1-4-7-14-18-15(20-17)12(3)16(19-14)21-10-13-9-6-5-8-11(13)2/h5-6,8-9H,4,7,10,17H2,1-3H3,(H,18,19,20). The molecule has 4 nitrogen and oxygen atoms in total. The largest absolute Gasteiger partial charge is 0.308 e. The van der Waals surface area contributed by atoms with E-state index in [1.807, 2.05) is 6.92 Å². The third-order valence-corrected chi connectivity index (χ3v) is 4.51. The maximum absolute atomic E-state index is 5.57. The Morgan fingerprint density at radius 2 is 1.95 bits per heavy atom. The van der Waals surface area contributed by atoms with Gasteiger partial charge in [-0.15, -0.1) is 11.8 Å². The zero-order chi connectivity index (χ0) is 15.2. The van der Waals surface area contributed by atoms with Crippen molar-refractivity contribution in [3.8, 4) is 0 Å². The van der Waals surface area contributed by atoms with Crippen molar-refractivity contribution in [2.24, 2.45) is 5.84 Å². The molecule has 0 saturated carbocycles. The van der Waals surface area contributed by atoms with Gasteiger partial charge < -0.3 is 5.43 Å². The van der Waals surface area contributed by atoms with Gasteiger partial charge in [0.25, 0.3) is 0 Å². The van der Waals surface area contributed by atoms with Crippen molar-refractivity contribution in [3.63, 3.8) is 0 Å². The van der Waals surface area contributed by atoms with Gasteiger partial charge in [0.1, 0.15) is 16.7 Å². The van der Waals surface area contributed by atoms with Gasteiger partial charge in [-0.2, -0.15) is 0 Å². The van der Waals surface area contributed by atoms with Crippen molar-refractivity contribution in [3.05, 3.63) is 46.8 Å². The first-order chi connectivity index (χ1) is 10.2. The van der Waals surface area contributed by atoms with E-state index in [1.54, 1.807) is 11.8 Å². The van der Waals surface area contributed by atoms with E-state index in [9.17, 15) is 0 Å². The van der Waals surface area contributed by atoms with Crippen LogP contribution in [0.5, 0.6) is 0 Å². The molecule has 5 heteroatoms. The lowest BCUT2D eigenvalue weighted by atomic mass is 10.1. The Morgan fingerprint density at radius 3 is 2.62 bits per heavy atom. The molecular weight excluding hydrogens is 280 g/mol. The van der Waals surface area contributed by atoms with E-state index in [-0.39, 0.29) is 0 Å². The summed E-state index contributed by atoms with van der Waals surface area (Å²) in [7, 11) is 0. The van der Waals surface area contributed by atoms with Gasteiger partial charge in [-0.1, -0.05) is 31.2 Å². The minimum absolute atomic E-state index is 0.723. The fourth-order valence-corrected chi connectivity index (χ4v) is 3.17. The zero-order valence-corrected chi connectivity index (χ0v) is 13.6. The third kappa shape index (κ3) is 3.95. The summed E-state index contributed by atoms with van der Waals surface area (Å²) >= 11 is 1.74. The van der Waals surface area contributed by atoms with Crippen molar-refractivity contribution >= 4 is 17.6 Å². The molecule has 2 aromatic rings. The van der Waals surface area contributed by atoms with Gasteiger partial charge in [-0.3, -0.25) is 0 Å². The summed E-state index contributed by atoms with van der Waals surface area (Å²) in [4.78, 5) is 9.12. The van der Waals surface area contributed by atoms with Crippen LogP contribution in [0.15, 0.2) is 29.3 Å². The minimum Gasteiger partial charge on any atom is -0.308 e. The highest BCUT2D eigenvalue weighted by atomic mass is 32.2. The molecule has 0 aliphatic carbocycles. The van der Waals surface area contributed by atoms with Crippen LogP contribution >= 0.6 is 11.8 Å². The predicted octanol–water partition coefficient (Wildman–Crippen LogP) is 3.62. The van der Waals surface area contributed by atoms with Gasteiger partial charge in [0, 0.05) is 17.7 Å². The van der Waals surface area contributed by atoms with Gasteiger partial charge in [0.15, 0.2) is 0 Å². The number of anilines is 1. The minimum atomic E-state index is 0.723. The summed E-state index contributed by atoms with van der Waals surface area (Å²) in [5.74, 6) is 8.04.